The fraction of sp³-hybridized carbons (Fsp3) is 1.00. The van der Waals surface area contributed by atoms with Gasteiger partial charge in [-0.15, -0.1) is 0 Å². The summed E-state index contributed by atoms with van der Waals surface area (Å²) in [4.78, 5) is 0. The minimum atomic E-state index is 0.935. The smallest absolute Gasteiger partial charge is 0.0319 e. The zero-order valence-electron chi connectivity index (χ0n) is 8.97. The first-order valence-corrected chi connectivity index (χ1v) is 5.26. The number of hydrogen-bond acceptors (Lipinski definition) is 3. The van der Waals surface area contributed by atoms with Gasteiger partial charge in [0.2, 0.25) is 0 Å². The van der Waals surface area contributed by atoms with Gasteiger partial charge in [-0.05, 0) is 51.4 Å². The lowest BCUT2D eigenvalue weighted by molar-refractivity contribution is 0.399. The Bertz CT molecular complexity index is 81.3. The molecular weight excluding hydrogens is 164 g/mol. The second kappa shape index (κ2) is 9.96. The fourth-order valence-corrected chi connectivity index (χ4v) is 1.42. The lowest BCUT2D eigenvalue weighted by Gasteiger charge is -1.90. The molecule has 1 atom stereocenters. The van der Waals surface area contributed by atoms with E-state index >= 15 is 0 Å². The van der Waals surface area contributed by atoms with Crippen LogP contribution in [0.2, 0.25) is 0 Å². The van der Waals surface area contributed by atoms with Gasteiger partial charge in [0, 0.05) is 7.11 Å². The standard InChI is InChI=1S/C5H11N.C4H9N.CH4O/c1-5-2-3-6-4-5;1-2-4-5-3-1;1-2/h5-6H,2-4H2,1H3;5H,1-4H2;2H,1H3/t5-;;/m0../s1. The molecule has 0 unspecified atom stereocenters. The lowest BCUT2D eigenvalue weighted by Crippen LogP contribution is -2.06. The highest BCUT2D eigenvalue weighted by atomic mass is 16.2. The van der Waals surface area contributed by atoms with Gasteiger partial charge in [-0.3, -0.25) is 0 Å². The fourth-order valence-electron chi connectivity index (χ4n) is 1.42. The molecule has 0 amide bonds. The van der Waals surface area contributed by atoms with Crippen LogP contribution >= 0.6 is 0 Å². The van der Waals surface area contributed by atoms with Gasteiger partial charge < -0.3 is 15.7 Å². The van der Waals surface area contributed by atoms with Gasteiger partial charge in [0.25, 0.3) is 0 Å². The van der Waals surface area contributed by atoms with E-state index in [0.29, 0.717) is 0 Å². The van der Waals surface area contributed by atoms with E-state index in [2.05, 4.69) is 17.6 Å². The summed E-state index contributed by atoms with van der Waals surface area (Å²) >= 11 is 0. The number of aliphatic hydroxyl groups is 1. The Morgan fingerprint density at radius 1 is 1.00 bits per heavy atom. The van der Waals surface area contributed by atoms with Crippen LogP contribution in [0.4, 0.5) is 0 Å². The van der Waals surface area contributed by atoms with Crippen molar-refractivity contribution in [3.63, 3.8) is 0 Å². The molecule has 3 N–H and O–H groups in total. The highest BCUT2D eigenvalue weighted by Gasteiger charge is 2.06. The molecule has 13 heavy (non-hydrogen) atoms. The van der Waals surface area contributed by atoms with Gasteiger partial charge in [-0.25, -0.2) is 0 Å². The molecule has 2 fully saturated rings. The molecule has 0 aromatic rings. The molecule has 2 heterocycles. The topological polar surface area (TPSA) is 44.3 Å². The van der Waals surface area contributed by atoms with Crippen LogP contribution in [0.3, 0.4) is 0 Å². The average molecular weight is 188 g/mol. The third-order valence-electron chi connectivity index (χ3n) is 2.26. The molecule has 0 spiro atoms. The average Bonchev–Trinajstić information content (AvgIpc) is 2.81. The molecule has 80 valence electrons. The van der Waals surface area contributed by atoms with Crippen LogP contribution in [0.25, 0.3) is 0 Å². The van der Waals surface area contributed by atoms with E-state index in [4.69, 9.17) is 5.11 Å². The summed E-state index contributed by atoms with van der Waals surface area (Å²) in [5, 5.41) is 13.5. The third kappa shape index (κ3) is 8.22. The van der Waals surface area contributed by atoms with Crippen LogP contribution in [-0.4, -0.2) is 38.4 Å². The van der Waals surface area contributed by atoms with Crippen molar-refractivity contribution >= 4 is 0 Å². The number of nitrogens with one attached hydrogen (secondary N) is 2. The van der Waals surface area contributed by atoms with Crippen molar-refractivity contribution in [2.24, 2.45) is 5.92 Å². The number of hydrogen-bond donors (Lipinski definition) is 3. The van der Waals surface area contributed by atoms with Crippen molar-refractivity contribution in [2.45, 2.75) is 26.2 Å². The Morgan fingerprint density at radius 2 is 1.62 bits per heavy atom. The molecule has 0 aromatic carbocycles. The maximum Gasteiger partial charge on any atom is 0.0319 e. The molecule has 2 aliphatic rings. The Balaban J connectivity index is 0.000000189. The van der Waals surface area contributed by atoms with E-state index in [9.17, 15) is 0 Å². The first-order valence-electron chi connectivity index (χ1n) is 5.26. The highest BCUT2D eigenvalue weighted by Crippen LogP contribution is 2.03. The summed E-state index contributed by atoms with van der Waals surface area (Å²) in [6, 6.07) is 0. The zero-order valence-corrected chi connectivity index (χ0v) is 8.97. The van der Waals surface area contributed by atoms with E-state index in [-0.39, 0.29) is 0 Å². The van der Waals surface area contributed by atoms with Gasteiger partial charge in [0.15, 0.2) is 0 Å². The molecule has 2 aliphatic heterocycles. The number of rotatable bonds is 0. The molecule has 0 aromatic heterocycles. The van der Waals surface area contributed by atoms with Crippen molar-refractivity contribution in [1.82, 2.24) is 10.6 Å². The van der Waals surface area contributed by atoms with Crippen LogP contribution in [0, 0.1) is 5.92 Å². The molecule has 0 radical (unpaired) electrons. The second-order valence-corrected chi connectivity index (χ2v) is 3.56. The molecule has 0 bridgehead atoms. The summed E-state index contributed by atoms with van der Waals surface area (Å²) in [5.74, 6) is 0.935. The van der Waals surface area contributed by atoms with E-state index in [1.165, 1.54) is 45.4 Å². The van der Waals surface area contributed by atoms with Crippen LogP contribution in [0.1, 0.15) is 26.2 Å². The summed E-state index contributed by atoms with van der Waals surface area (Å²) < 4.78 is 0. The summed E-state index contributed by atoms with van der Waals surface area (Å²) in [7, 11) is 1.00. The van der Waals surface area contributed by atoms with Crippen LogP contribution in [0.5, 0.6) is 0 Å². The van der Waals surface area contributed by atoms with Gasteiger partial charge in [-0.2, -0.15) is 0 Å². The van der Waals surface area contributed by atoms with Crippen molar-refractivity contribution in [1.29, 1.82) is 0 Å². The van der Waals surface area contributed by atoms with Gasteiger partial charge in [0.1, 0.15) is 0 Å². The first-order chi connectivity index (χ1) is 6.39. The molecule has 2 rings (SSSR count). The predicted molar refractivity (Wildman–Crippen MR) is 56.9 cm³/mol. The summed E-state index contributed by atoms with van der Waals surface area (Å²) in [6.45, 7) is 7.25. The second-order valence-electron chi connectivity index (χ2n) is 3.56. The van der Waals surface area contributed by atoms with Crippen LogP contribution in [0.15, 0.2) is 0 Å². The minimum Gasteiger partial charge on any atom is -0.400 e. The Labute approximate surface area is 81.9 Å². The lowest BCUT2D eigenvalue weighted by atomic mass is 10.2. The maximum absolute atomic E-state index is 7.00. The van der Waals surface area contributed by atoms with E-state index < -0.39 is 0 Å². The van der Waals surface area contributed by atoms with Crippen molar-refractivity contribution in [2.75, 3.05) is 33.3 Å². The Morgan fingerprint density at radius 3 is 1.77 bits per heavy atom. The molecule has 3 heteroatoms. The van der Waals surface area contributed by atoms with Crippen LogP contribution in [-0.2, 0) is 0 Å². The van der Waals surface area contributed by atoms with E-state index in [0.717, 1.165) is 13.0 Å². The Hall–Kier alpha value is -0.120. The van der Waals surface area contributed by atoms with Crippen LogP contribution < -0.4 is 10.6 Å². The maximum atomic E-state index is 7.00. The monoisotopic (exact) mass is 188 g/mol. The summed E-state index contributed by atoms with van der Waals surface area (Å²) in [5.41, 5.74) is 0. The molecule has 3 nitrogen and oxygen atoms in total. The predicted octanol–water partition coefficient (Wildman–Crippen LogP) is 0.594. The molecular formula is C10H24N2O. The van der Waals surface area contributed by atoms with E-state index in [1.54, 1.807) is 0 Å². The summed E-state index contributed by atoms with van der Waals surface area (Å²) in [6.07, 6.45) is 4.15. The SMILES string of the molecule is C1CCNC1.CO.C[C@H]1CCNC1. The largest absolute Gasteiger partial charge is 0.400 e. The molecule has 0 saturated carbocycles. The zero-order chi connectivity index (χ0) is 9.94. The number of aliphatic hydroxyl groups excluding tert-OH is 1. The molecule has 0 aliphatic carbocycles. The Kier molecular flexibility index (Phi) is 9.87. The van der Waals surface area contributed by atoms with Gasteiger partial charge in [-0.1, -0.05) is 6.92 Å². The van der Waals surface area contributed by atoms with Gasteiger partial charge in [0.05, 0.1) is 0 Å². The van der Waals surface area contributed by atoms with E-state index in [1.807, 2.05) is 0 Å². The normalized spacial score (nSPS) is 25.6. The molecule has 2 saturated heterocycles. The highest BCUT2D eigenvalue weighted by molar-refractivity contribution is 4.65. The minimum absolute atomic E-state index is 0.935. The van der Waals surface area contributed by atoms with Crippen molar-refractivity contribution in [3.8, 4) is 0 Å². The van der Waals surface area contributed by atoms with Gasteiger partial charge >= 0.3 is 0 Å². The first kappa shape index (κ1) is 12.9. The van der Waals surface area contributed by atoms with Crippen molar-refractivity contribution < 1.29 is 5.11 Å². The third-order valence-corrected chi connectivity index (χ3v) is 2.26. The quantitative estimate of drug-likeness (QED) is 0.521. The van der Waals surface area contributed by atoms with Crippen molar-refractivity contribution in [3.05, 3.63) is 0 Å².